The van der Waals surface area contributed by atoms with Crippen LogP contribution in [0.1, 0.15) is 40.6 Å². The summed E-state index contributed by atoms with van der Waals surface area (Å²) < 4.78 is 10.1. The Hall–Kier alpha value is -1.69. The zero-order valence-electron chi connectivity index (χ0n) is 10.6. The average Bonchev–Trinajstić information content (AvgIpc) is 2.38. The molecule has 0 aliphatic carbocycles. The molecule has 2 N–H and O–H groups in total. The van der Waals surface area contributed by atoms with Gasteiger partial charge in [-0.15, -0.1) is 0 Å². The molecule has 0 amide bonds. The summed E-state index contributed by atoms with van der Waals surface area (Å²) in [5.74, 6) is 0.482. The Kier molecular flexibility index (Phi) is 3.76. The number of hydrogen-bond acceptors (Lipinski definition) is 6. The number of nitrogens with two attached hydrogens (primary N) is 1. The molecule has 18 heavy (non-hydrogen) atoms. The number of esters is 1. The van der Waals surface area contributed by atoms with Gasteiger partial charge in [-0.1, -0.05) is 0 Å². The lowest BCUT2D eigenvalue weighted by Crippen LogP contribution is -2.20. The van der Waals surface area contributed by atoms with Gasteiger partial charge in [0, 0.05) is 12.5 Å². The number of methoxy groups -OCH3 is 1. The van der Waals surface area contributed by atoms with Gasteiger partial charge in [-0.3, -0.25) is 0 Å². The van der Waals surface area contributed by atoms with Crippen LogP contribution in [0.4, 0.5) is 5.82 Å². The van der Waals surface area contributed by atoms with Crippen molar-refractivity contribution in [3.05, 3.63) is 17.1 Å². The van der Waals surface area contributed by atoms with Crippen molar-refractivity contribution in [2.75, 3.05) is 26.1 Å². The van der Waals surface area contributed by atoms with Crippen LogP contribution in [-0.2, 0) is 9.47 Å². The number of hydrogen-bond donors (Lipinski definition) is 1. The second-order valence-electron chi connectivity index (χ2n) is 4.33. The smallest absolute Gasteiger partial charge is 0.343 e. The van der Waals surface area contributed by atoms with E-state index in [0.717, 1.165) is 19.4 Å². The second kappa shape index (κ2) is 5.30. The van der Waals surface area contributed by atoms with Crippen molar-refractivity contribution in [1.82, 2.24) is 9.97 Å². The highest BCUT2D eigenvalue weighted by Gasteiger charge is 2.23. The van der Waals surface area contributed by atoms with E-state index in [-0.39, 0.29) is 17.3 Å². The van der Waals surface area contributed by atoms with E-state index in [2.05, 4.69) is 14.7 Å². The molecule has 0 bridgehead atoms. The van der Waals surface area contributed by atoms with Gasteiger partial charge in [0.25, 0.3) is 0 Å². The molecule has 0 spiro atoms. The molecule has 0 radical (unpaired) electrons. The minimum Gasteiger partial charge on any atom is -0.465 e. The monoisotopic (exact) mass is 251 g/mol. The van der Waals surface area contributed by atoms with Crippen LogP contribution in [0.15, 0.2) is 0 Å². The van der Waals surface area contributed by atoms with E-state index in [4.69, 9.17) is 10.5 Å². The summed E-state index contributed by atoms with van der Waals surface area (Å²) in [6, 6.07) is 0. The summed E-state index contributed by atoms with van der Waals surface area (Å²) in [6.07, 6.45) is 1.97. The van der Waals surface area contributed by atoms with E-state index in [9.17, 15) is 4.79 Å². The van der Waals surface area contributed by atoms with Crippen molar-refractivity contribution >= 4 is 11.8 Å². The normalized spacial score (nSPS) is 19.6. The Bertz CT molecular complexity index is 433. The van der Waals surface area contributed by atoms with Gasteiger partial charge in [-0.05, 0) is 19.8 Å². The summed E-state index contributed by atoms with van der Waals surface area (Å²) in [5.41, 5.74) is 6.61. The van der Waals surface area contributed by atoms with Gasteiger partial charge in [0.2, 0.25) is 0 Å². The molecule has 0 saturated carbocycles. The quantitative estimate of drug-likeness (QED) is 0.790. The first-order chi connectivity index (χ1) is 8.63. The van der Waals surface area contributed by atoms with Crippen LogP contribution in [0.2, 0.25) is 0 Å². The first kappa shape index (κ1) is 12.8. The molecule has 0 aromatic carbocycles. The molecular formula is C12H17N3O3. The van der Waals surface area contributed by atoms with Gasteiger partial charge >= 0.3 is 5.97 Å². The molecule has 1 saturated heterocycles. The number of nitrogens with zero attached hydrogens (tertiary/aromatic N) is 2. The standard InChI is InChI=1S/C12H17N3O3/c1-7-9(12(16)17-2)10(13)15-11(14-7)8-4-3-5-18-6-8/h8H,3-6H2,1-2H3,(H2,13,14,15). The minimum atomic E-state index is -0.503. The van der Waals surface area contributed by atoms with Crippen molar-refractivity contribution in [2.24, 2.45) is 0 Å². The lowest BCUT2D eigenvalue weighted by molar-refractivity contribution is 0.0599. The summed E-state index contributed by atoms with van der Waals surface area (Å²) in [7, 11) is 1.31. The topological polar surface area (TPSA) is 87.3 Å². The average molecular weight is 251 g/mol. The predicted octanol–water partition coefficient (Wildman–Crippen LogP) is 1.05. The highest BCUT2D eigenvalue weighted by Crippen LogP contribution is 2.25. The van der Waals surface area contributed by atoms with Crippen LogP contribution in [0, 0.1) is 6.92 Å². The lowest BCUT2D eigenvalue weighted by Gasteiger charge is -2.21. The van der Waals surface area contributed by atoms with Crippen LogP contribution < -0.4 is 5.73 Å². The SMILES string of the molecule is COC(=O)c1c(C)nc(C2CCCOC2)nc1N. The van der Waals surface area contributed by atoms with Crippen LogP contribution in [0.3, 0.4) is 0 Å². The van der Waals surface area contributed by atoms with E-state index in [1.54, 1.807) is 6.92 Å². The molecule has 2 rings (SSSR count). The Labute approximate surface area is 106 Å². The molecule has 6 heteroatoms. The predicted molar refractivity (Wildman–Crippen MR) is 65.3 cm³/mol. The zero-order valence-corrected chi connectivity index (χ0v) is 10.6. The fraction of sp³-hybridized carbons (Fsp3) is 0.583. The number of nitrogen functional groups attached to an aromatic ring is 1. The number of aryl methyl sites for hydroxylation is 1. The van der Waals surface area contributed by atoms with E-state index >= 15 is 0 Å². The summed E-state index contributed by atoms with van der Waals surface area (Å²) in [5, 5.41) is 0. The molecule has 6 nitrogen and oxygen atoms in total. The third-order valence-corrected chi connectivity index (χ3v) is 3.05. The van der Waals surface area contributed by atoms with Crippen LogP contribution in [0.25, 0.3) is 0 Å². The maximum absolute atomic E-state index is 11.5. The minimum absolute atomic E-state index is 0.159. The number of aromatic nitrogens is 2. The molecule has 1 aliphatic heterocycles. The van der Waals surface area contributed by atoms with Gasteiger partial charge in [-0.25, -0.2) is 14.8 Å². The highest BCUT2D eigenvalue weighted by atomic mass is 16.5. The molecule has 1 aromatic rings. The van der Waals surface area contributed by atoms with Gasteiger partial charge in [-0.2, -0.15) is 0 Å². The van der Waals surface area contributed by atoms with Gasteiger partial charge < -0.3 is 15.2 Å². The first-order valence-corrected chi connectivity index (χ1v) is 5.93. The number of ether oxygens (including phenoxy) is 2. The molecule has 1 unspecified atom stereocenters. The van der Waals surface area contributed by atoms with E-state index in [0.29, 0.717) is 18.1 Å². The molecule has 1 aliphatic rings. The first-order valence-electron chi connectivity index (χ1n) is 5.93. The molecular weight excluding hydrogens is 234 g/mol. The third-order valence-electron chi connectivity index (χ3n) is 3.05. The third kappa shape index (κ3) is 2.43. The Morgan fingerprint density at radius 1 is 1.50 bits per heavy atom. The maximum Gasteiger partial charge on any atom is 0.343 e. The Balaban J connectivity index is 2.32. The molecule has 1 fully saturated rings. The number of rotatable bonds is 2. The fourth-order valence-corrected chi connectivity index (χ4v) is 2.10. The summed E-state index contributed by atoms with van der Waals surface area (Å²) in [4.78, 5) is 20.1. The van der Waals surface area contributed by atoms with Gasteiger partial charge in [0.05, 0.1) is 19.4 Å². The van der Waals surface area contributed by atoms with Crippen LogP contribution in [-0.4, -0.2) is 36.3 Å². The van der Waals surface area contributed by atoms with E-state index in [1.807, 2.05) is 0 Å². The van der Waals surface area contributed by atoms with Gasteiger partial charge in [0.15, 0.2) is 0 Å². The second-order valence-corrected chi connectivity index (χ2v) is 4.33. The van der Waals surface area contributed by atoms with Crippen LogP contribution >= 0.6 is 0 Å². The lowest BCUT2D eigenvalue weighted by atomic mass is 10.0. The largest absolute Gasteiger partial charge is 0.465 e. The summed E-state index contributed by atoms with van der Waals surface area (Å²) >= 11 is 0. The molecule has 2 heterocycles. The molecule has 1 aromatic heterocycles. The van der Waals surface area contributed by atoms with Crippen molar-refractivity contribution in [1.29, 1.82) is 0 Å². The van der Waals surface area contributed by atoms with E-state index in [1.165, 1.54) is 7.11 Å². The zero-order chi connectivity index (χ0) is 13.1. The van der Waals surface area contributed by atoms with Crippen LogP contribution in [0.5, 0.6) is 0 Å². The Morgan fingerprint density at radius 3 is 2.83 bits per heavy atom. The van der Waals surface area contributed by atoms with Crippen molar-refractivity contribution in [3.8, 4) is 0 Å². The number of carbonyl (C=O) groups is 1. The Morgan fingerprint density at radius 2 is 2.28 bits per heavy atom. The summed E-state index contributed by atoms with van der Waals surface area (Å²) in [6.45, 7) is 3.12. The molecule has 1 atom stereocenters. The molecule has 98 valence electrons. The number of carbonyl (C=O) groups excluding carboxylic acids is 1. The van der Waals surface area contributed by atoms with Crippen molar-refractivity contribution in [3.63, 3.8) is 0 Å². The maximum atomic E-state index is 11.5. The fourth-order valence-electron chi connectivity index (χ4n) is 2.10. The van der Waals surface area contributed by atoms with Crippen molar-refractivity contribution < 1.29 is 14.3 Å². The van der Waals surface area contributed by atoms with Gasteiger partial charge in [0.1, 0.15) is 17.2 Å². The van der Waals surface area contributed by atoms with E-state index < -0.39 is 5.97 Å². The van der Waals surface area contributed by atoms with Crippen molar-refractivity contribution in [2.45, 2.75) is 25.7 Å². The number of anilines is 1. The highest BCUT2D eigenvalue weighted by molar-refractivity contribution is 5.95.